The van der Waals surface area contributed by atoms with Gasteiger partial charge in [0.15, 0.2) is 0 Å². The van der Waals surface area contributed by atoms with E-state index in [0.29, 0.717) is 6.42 Å². The van der Waals surface area contributed by atoms with Crippen molar-refractivity contribution in [2.75, 3.05) is 33.4 Å². The first-order valence-electron chi connectivity index (χ1n) is 10.6. The van der Waals surface area contributed by atoms with E-state index in [9.17, 15) is 4.79 Å². The minimum atomic E-state index is 0.0146. The predicted molar refractivity (Wildman–Crippen MR) is 121 cm³/mol. The van der Waals surface area contributed by atoms with Crippen LogP contribution in [0.1, 0.15) is 36.6 Å². The molecule has 6 heteroatoms. The number of hydrogen-bond donors (Lipinski definition) is 0. The zero-order valence-electron chi connectivity index (χ0n) is 17.4. The summed E-state index contributed by atoms with van der Waals surface area (Å²) in [6.07, 6.45) is 3.62. The second-order valence-electron chi connectivity index (χ2n) is 7.96. The van der Waals surface area contributed by atoms with E-state index in [4.69, 9.17) is 21.4 Å². The van der Waals surface area contributed by atoms with Gasteiger partial charge in [-0.25, -0.2) is 4.68 Å². The number of benzene rings is 2. The van der Waals surface area contributed by atoms with Crippen LogP contribution in [0.5, 0.6) is 0 Å². The van der Waals surface area contributed by atoms with Crippen LogP contribution in [0.3, 0.4) is 0 Å². The van der Waals surface area contributed by atoms with Crippen LogP contribution in [-0.4, -0.2) is 48.0 Å². The van der Waals surface area contributed by atoms with Crippen molar-refractivity contribution in [3.8, 4) is 0 Å². The summed E-state index contributed by atoms with van der Waals surface area (Å²) in [5.74, 6) is 0. The number of halogens is 1. The van der Waals surface area contributed by atoms with E-state index in [0.717, 1.165) is 72.6 Å². The van der Waals surface area contributed by atoms with Gasteiger partial charge in [-0.15, -0.1) is 0 Å². The van der Waals surface area contributed by atoms with Gasteiger partial charge in [0.05, 0.1) is 23.7 Å². The molecule has 0 bridgehead atoms. The molecule has 1 unspecified atom stereocenters. The molecular weight excluding hydrogens is 398 g/mol. The summed E-state index contributed by atoms with van der Waals surface area (Å²) in [7, 11) is 1.74. The maximum absolute atomic E-state index is 13.3. The lowest BCUT2D eigenvalue weighted by molar-refractivity contribution is 0.149. The van der Waals surface area contributed by atoms with Crippen molar-refractivity contribution >= 4 is 22.4 Å². The fourth-order valence-corrected chi connectivity index (χ4v) is 4.40. The number of fused-ring (bicyclic) bond motifs is 1. The Labute approximate surface area is 182 Å². The summed E-state index contributed by atoms with van der Waals surface area (Å²) in [6.45, 7) is 3.68. The van der Waals surface area contributed by atoms with E-state index >= 15 is 0 Å². The largest absolute Gasteiger partial charge is 0.383 e. The van der Waals surface area contributed by atoms with Crippen LogP contribution >= 0.6 is 11.6 Å². The van der Waals surface area contributed by atoms with Crippen molar-refractivity contribution in [1.29, 1.82) is 0 Å². The van der Waals surface area contributed by atoms with Gasteiger partial charge in [0.2, 0.25) is 0 Å². The first kappa shape index (κ1) is 21.0. The molecule has 1 atom stereocenters. The SMILES string of the molecule is COCCN1CCCC(n2nc(Cc3ccc(Cl)cc3)c3ccccc3c2=O)CC1. The number of likely N-dealkylation sites (tertiary alicyclic amines) is 1. The molecule has 0 N–H and O–H groups in total. The third-order valence-electron chi connectivity index (χ3n) is 5.94. The van der Waals surface area contributed by atoms with Gasteiger partial charge in [-0.1, -0.05) is 41.9 Å². The molecule has 1 aliphatic rings. The van der Waals surface area contributed by atoms with Gasteiger partial charge in [0.1, 0.15) is 0 Å². The highest BCUT2D eigenvalue weighted by molar-refractivity contribution is 6.30. The maximum atomic E-state index is 13.3. The molecular formula is C24H28ClN3O2. The minimum Gasteiger partial charge on any atom is -0.383 e. The number of ether oxygens (including phenoxy) is 1. The zero-order valence-corrected chi connectivity index (χ0v) is 18.1. The molecule has 0 spiro atoms. The molecule has 2 heterocycles. The Kier molecular flexibility index (Phi) is 6.82. The number of methoxy groups -OCH3 is 1. The van der Waals surface area contributed by atoms with Gasteiger partial charge in [0, 0.05) is 37.0 Å². The number of hydrogen-bond acceptors (Lipinski definition) is 4. The van der Waals surface area contributed by atoms with Gasteiger partial charge in [-0.3, -0.25) is 4.79 Å². The molecule has 1 fully saturated rings. The Morgan fingerprint density at radius 1 is 1.07 bits per heavy atom. The van der Waals surface area contributed by atoms with E-state index in [1.54, 1.807) is 11.8 Å². The first-order chi connectivity index (χ1) is 14.7. The van der Waals surface area contributed by atoms with E-state index in [1.807, 2.05) is 48.5 Å². The fourth-order valence-electron chi connectivity index (χ4n) is 4.27. The predicted octanol–water partition coefficient (Wildman–Crippen LogP) is 4.31. The highest BCUT2D eigenvalue weighted by Crippen LogP contribution is 2.24. The topological polar surface area (TPSA) is 47.4 Å². The molecule has 3 aromatic rings. The zero-order chi connectivity index (χ0) is 20.9. The van der Waals surface area contributed by atoms with Gasteiger partial charge in [0.25, 0.3) is 5.56 Å². The third-order valence-corrected chi connectivity index (χ3v) is 6.19. The quantitative estimate of drug-likeness (QED) is 0.590. The van der Waals surface area contributed by atoms with Gasteiger partial charge >= 0.3 is 0 Å². The van der Waals surface area contributed by atoms with Crippen molar-refractivity contribution in [3.05, 3.63) is 75.2 Å². The van der Waals surface area contributed by atoms with Crippen LogP contribution in [0.25, 0.3) is 10.8 Å². The van der Waals surface area contributed by atoms with Gasteiger partial charge in [-0.2, -0.15) is 5.10 Å². The van der Waals surface area contributed by atoms with Crippen molar-refractivity contribution < 1.29 is 4.74 Å². The molecule has 5 nitrogen and oxygen atoms in total. The molecule has 2 aromatic carbocycles. The van der Waals surface area contributed by atoms with Crippen LogP contribution in [0.2, 0.25) is 5.02 Å². The molecule has 4 rings (SSSR count). The van der Waals surface area contributed by atoms with Crippen LogP contribution in [0.4, 0.5) is 0 Å². The van der Waals surface area contributed by atoms with Crippen molar-refractivity contribution in [2.45, 2.75) is 31.7 Å². The standard InChI is InChI=1S/C24H28ClN3O2/c1-30-16-15-27-13-4-5-20(12-14-27)28-24(29)22-7-3-2-6-21(22)23(26-28)17-18-8-10-19(25)11-9-18/h2-3,6-11,20H,4-5,12-17H2,1H3. The number of aromatic nitrogens is 2. The second kappa shape index (κ2) is 9.73. The number of rotatable bonds is 6. The lowest BCUT2D eigenvalue weighted by Gasteiger charge is -2.20. The lowest BCUT2D eigenvalue weighted by atomic mass is 10.0. The molecule has 0 saturated carbocycles. The van der Waals surface area contributed by atoms with Gasteiger partial charge in [-0.05, 0) is 49.6 Å². The van der Waals surface area contributed by atoms with E-state index in [2.05, 4.69) is 4.90 Å². The molecule has 1 saturated heterocycles. The summed E-state index contributed by atoms with van der Waals surface area (Å²) in [5.41, 5.74) is 2.09. The van der Waals surface area contributed by atoms with Crippen molar-refractivity contribution in [2.24, 2.45) is 0 Å². The fraction of sp³-hybridized carbons (Fsp3) is 0.417. The number of nitrogens with zero attached hydrogens (tertiary/aromatic N) is 3. The normalized spacial score (nSPS) is 17.9. The molecule has 1 aromatic heterocycles. The Morgan fingerprint density at radius 2 is 1.83 bits per heavy atom. The van der Waals surface area contributed by atoms with Crippen molar-refractivity contribution in [1.82, 2.24) is 14.7 Å². The molecule has 158 valence electrons. The maximum Gasteiger partial charge on any atom is 0.274 e. The van der Waals surface area contributed by atoms with Crippen LogP contribution in [-0.2, 0) is 11.2 Å². The summed E-state index contributed by atoms with van der Waals surface area (Å²) in [4.78, 5) is 15.7. The summed E-state index contributed by atoms with van der Waals surface area (Å²) in [5, 5.41) is 7.30. The first-order valence-corrected chi connectivity index (χ1v) is 11.0. The Morgan fingerprint density at radius 3 is 2.60 bits per heavy atom. The average Bonchev–Trinajstić information content (AvgIpc) is 3.01. The molecule has 0 amide bonds. The third kappa shape index (κ3) is 4.75. The highest BCUT2D eigenvalue weighted by atomic mass is 35.5. The Balaban J connectivity index is 1.67. The minimum absolute atomic E-state index is 0.0146. The lowest BCUT2D eigenvalue weighted by Crippen LogP contribution is -2.31. The van der Waals surface area contributed by atoms with E-state index in [1.165, 1.54) is 0 Å². The summed E-state index contributed by atoms with van der Waals surface area (Å²) in [6, 6.07) is 15.8. The smallest absolute Gasteiger partial charge is 0.274 e. The summed E-state index contributed by atoms with van der Waals surface area (Å²) >= 11 is 6.04. The molecule has 1 aliphatic heterocycles. The molecule has 30 heavy (non-hydrogen) atoms. The van der Waals surface area contributed by atoms with Crippen LogP contribution in [0, 0.1) is 0 Å². The van der Waals surface area contributed by atoms with Crippen LogP contribution in [0.15, 0.2) is 53.3 Å². The summed E-state index contributed by atoms with van der Waals surface area (Å²) < 4.78 is 6.98. The van der Waals surface area contributed by atoms with E-state index in [-0.39, 0.29) is 11.6 Å². The highest BCUT2D eigenvalue weighted by Gasteiger charge is 2.22. The average molecular weight is 426 g/mol. The van der Waals surface area contributed by atoms with Gasteiger partial charge < -0.3 is 9.64 Å². The monoisotopic (exact) mass is 425 g/mol. The molecule has 0 radical (unpaired) electrons. The van der Waals surface area contributed by atoms with Crippen molar-refractivity contribution in [3.63, 3.8) is 0 Å². The van der Waals surface area contributed by atoms with Crippen LogP contribution < -0.4 is 5.56 Å². The van der Waals surface area contributed by atoms with E-state index < -0.39 is 0 Å². The molecule has 0 aliphatic carbocycles. The second-order valence-corrected chi connectivity index (χ2v) is 8.40. The Hall–Kier alpha value is -2.21. The Bertz CT molecular complexity index is 1050.